The molecule has 90 valence electrons. The van der Waals surface area contributed by atoms with Crippen LogP contribution in [0.3, 0.4) is 0 Å². The molecule has 0 unspecified atom stereocenters. The minimum Gasteiger partial charge on any atom is -0.504 e. The molecule has 0 aromatic carbocycles. The molecule has 17 heavy (non-hydrogen) atoms. The number of carbonyl (C=O) groups is 1. The molecule has 0 spiro atoms. The zero-order chi connectivity index (χ0) is 13.2. The molecule has 1 amide bonds. The highest BCUT2D eigenvalue weighted by Crippen LogP contribution is 2.21. The van der Waals surface area contributed by atoms with Crippen molar-refractivity contribution < 1.29 is 14.6 Å². The normalized spacial score (nSPS) is 11.1. The first-order valence-corrected chi connectivity index (χ1v) is 5.22. The number of anilines is 1. The van der Waals surface area contributed by atoms with Crippen molar-refractivity contribution in [2.24, 2.45) is 0 Å². The van der Waals surface area contributed by atoms with E-state index in [9.17, 15) is 9.90 Å². The molecule has 2 radical (unpaired) electrons. The fraction of sp³-hybridized carbons (Fsp3) is 0.400. The number of nitrogens with one attached hydrogen (secondary N) is 1. The molecule has 1 aromatic rings. The highest BCUT2D eigenvalue weighted by molar-refractivity contribution is 6.44. The van der Waals surface area contributed by atoms with Crippen molar-refractivity contribution in [2.75, 3.05) is 5.32 Å². The van der Waals surface area contributed by atoms with Crippen molar-refractivity contribution in [1.82, 2.24) is 4.98 Å². The molecule has 0 saturated heterocycles. The number of hydrogen-bond acceptors (Lipinski definition) is 4. The number of halogens is 1. The van der Waals surface area contributed by atoms with Gasteiger partial charge in [-0.1, -0.05) is 17.1 Å². The van der Waals surface area contributed by atoms with Crippen LogP contribution in [-0.2, 0) is 4.74 Å². The van der Waals surface area contributed by atoms with Gasteiger partial charge in [-0.3, -0.25) is 5.32 Å². The molecule has 0 atom stereocenters. The number of aromatic hydroxyl groups is 1. The molecule has 0 aliphatic carbocycles. The van der Waals surface area contributed by atoms with Gasteiger partial charge >= 0.3 is 6.09 Å². The fourth-order valence-corrected chi connectivity index (χ4v) is 1.13. The van der Waals surface area contributed by atoms with Crippen LogP contribution in [0.25, 0.3) is 0 Å². The second kappa shape index (κ2) is 4.83. The van der Waals surface area contributed by atoms with Crippen molar-refractivity contribution in [3.8, 4) is 5.75 Å². The Hall–Kier alpha value is -1.43. The lowest BCUT2D eigenvalue weighted by Crippen LogP contribution is -2.27. The Morgan fingerprint density at radius 1 is 1.59 bits per heavy atom. The van der Waals surface area contributed by atoms with Gasteiger partial charge in [0, 0.05) is 0 Å². The lowest BCUT2D eigenvalue weighted by atomic mass is 9.98. The largest absolute Gasteiger partial charge is 0.504 e. The lowest BCUT2D eigenvalue weighted by molar-refractivity contribution is 0.0634. The minimum absolute atomic E-state index is 0.00569. The summed E-state index contributed by atoms with van der Waals surface area (Å²) in [6, 6.07) is 1.20. The maximum Gasteiger partial charge on any atom is 0.413 e. The van der Waals surface area contributed by atoms with E-state index >= 15 is 0 Å². The quantitative estimate of drug-likeness (QED) is 0.589. The number of hydrogen-bond donors (Lipinski definition) is 2. The molecule has 0 saturated carbocycles. The first-order chi connectivity index (χ1) is 7.69. The molecule has 0 aliphatic heterocycles. The van der Waals surface area contributed by atoms with Crippen LogP contribution in [0.5, 0.6) is 5.75 Å². The maximum atomic E-state index is 11.4. The third-order valence-electron chi connectivity index (χ3n) is 1.60. The summed E-state index contributed by atoms with van der Waals surface area (Å²) in [4.78, 5) is 15.1. The third kappa shape index (κ3) is 4.15. The summed E-state index contributed by atoms with van der Waals surface area (Å²) in [6.45, 7) is 5.15. The molecule has 1 aromatic heterocycles. The van der Waals surface area contributed by atoms with Crippen LogP contribution >= 0.6 is 11.6 Å². The van der Waals surface area contributed by atoms with Crippen molar-refractivity contribution >= 4 is 36.8 Å². The second-order valence-corrected chi connectivity index (χ2v) is 4.72. The number of ether oxygens (including phenoxy) is 1. The first-order valence-electron chi connectivity index (χ1n) is 4.84. The second-order valence-electron chi connectivity index (χ2n) is 4.36. The Morgan fingerprint density at radius 3 is 2.71 bits per heavy atom. The average molecular weight is 254 g/mol. The van der Waals surface area contributed by atoms with Crippen LogP contribution in [0.4, 0.5) is 10.6 Å². The predicted molar refractivity (Wildman–Crippen MR) is 66.2 cm³/mol. The van der Waals surface area contributed by atoms with Crippen LogP contribution in [0.1, 0.15) is 20.8 Å². The molecule has 0 bridgehead atoms. The van der Waals surface area contributed by atoms with Gasteiger partial charge in [0.25, 0.3) is 0 Å². The number of rotatable bonds is 1. The molecule has 0 fully saturated rings. The molecular weight excluding hydrogens is 242 g/mol. The highest BCUT2D eigenvalue weighted by Gasteiger charge is 2.18. The van der Waals surface area contributed by atoms with Crippen molar-refractivity contribution in [3.05, 3.63) is 11.2 Å². The molecule has 7 heteroatoms. The number of amides is 1. The smallest absolute Gasteiger partial charge is 0.413 e. The lowest BCUT2D eigenvalue weighted by Gasteiger charge is -2.19. The first kappa shape index (κ1) is 13.6. The van der Waals surface area contributed by atoms with Gasteiger partial charge in [-0.15, -0.1) is 0 Å². The SMILES string of the molecule is [B]c1cc(O)c(NC(=O)OC(C)(C)C)nc1Cl. The number of aromatic nitrogens is 1. The summed E-state index contributed by atoms with van der Waals surface area (Å²) in [5, 5.41) is 11.8. The third-order valence-corrected chi connectivity index (χ3v) is 1.91. The Labute approximate surface area is 106 Å². The zero-order valence-corrected chi connectivity index (χ0v) is 10.5. The van der Waals surface area contributed by atoms with Crippen molar-refractivity contribution in [3.63, 3.8) is 0 Å². The number of nitrogens with zero attached hydrogens (tertiary/aromatic N) is 1. The van der Waals surface area contributed by atoms with E-state index in [1.165, 1.54) is 6.07 Å². The van der Waals surface area contributed by atoms with Crippen molar-refractivity contribution in [2.45, 2.75) is 26.4 Å². The van der Waals surface area contributed by atoms with Crippen LogP contribution in [-0.4, -0.2) is 29.6 Å². The van der Waals surface area contributed by atoms with Gasteiger partial charge in [0.1, 0.15) is 18.6 Å². The Kier molecular flexibility index (Phi) is 3.88. The van der Waals surface area contributed by atoms with E-state index in [2.05, 4.69) is 10.3 Å². The van der Waals surface area contributed by atoms with E-state index in [4.69, 9.17) is 24.2 Å². The summed E-state index contributed by atoms with van der Waals surface area (Å²) in [7, 11) is 5.42. The van der Waals surface area contributed by atoms with Gasteiger partial charge in [0.2, 0.25) is 0 Å². The van der Waals surface area contributed by atoms with Gasteiger partial charge in [-0.2, -0.15) is 0 Å². The molecule has 0 aliphatic rings. The molecule has 5 nitrogen and oxygen atoms in total. The molecule has 1 rings (SSSR count). The van der Waals surface area contributed by atoms with E-state index in [0.29, 0.717) is 0 Å². The number of carbonyl (C=O) groups excluding carboxylic acids is 1. The highest BCUT2D eigenvalue weighted by atomic mass is 35.5. The topological polar surface area (TPSA) is 71.5 Å². The molecular formula is C10H12BClN2O3. The van der Waals surface area contributed by atoms with E-state index in [-0.39, 0.29) is 22.2 Å². The van der Waals surface area contributed by atoms with Gasteiger partial charge in [-0.05, 0) is 26.8 Å². The van der Waals surface area contributed by atoms with E-state index in [0.717, 1.165) is 0 Å². The summed E-state index contributed by atoms with van der Waals surface area (Å²) in [5.41, 5.74) is -0.518. The Morgan fingerprint density at radius 2 is 2.18 bits per heavy atom. The maximum absolute atomic E-state index is 11.4. The van der Waals surface area contributed by atoms with Crippen LogP contribution in [0.2, 0.25) is 5.15 Å². The van der Waals surface area contributed by atoms with Crippen LogP contribution < -0.4 is 10.8 Å². The number of pyridine rings is 1. The molecule has 2 N–H and O–H groups in total. The van der Waals surface area contributed by atoms with Gasteiger partial charge in [-0.25, -0.2) is 9.78 Å². The van der Waals surface area contributed by atoms with Gasteiger partial charge in [0.05, 0.1) is 0 Å². The van der Waals surface area contributed by atoms with E-state index < -0.39 is 11.7 Å². The monoisotopic (exact) mass is 254 g/mol. The van der Waals surface area contributed by atoms with Crippen molar-refractivity contribution in [1.29, 1.82) is 0 Å². The summed E-state index contributed by atoms with van der Waals surface area (Å²) >= 11 is 5.66. The Bertz CT molecular complexity index is 446. The average Bonchev–Trinajstić information content (AvgIpc) is 2.11. The Balaban J connectivity index is 2.82. The van der Waals surface area contributed by atoms with E-state index in [1.807, 2.05) is 0 Å². The summed E-state index contributed by atoms with van der Waals surface area (Å²) in [6.07, 6.45) is -0.735. The predicted octanol–water partition coefficient (Wildman–Crippen LogP) is 1.58. The molecule has 1 heterocycles. The standard InChI is InChI=1S/C10H12BClN2O3/c1-10(2,3)17-9(16)14-8-6(15)4-5(11)7(12)13-8/h4,15H,1-3H3,(H,13,14,16). The van der Waals surface area contributed by atoms with Crippen LogP contribution in [0.15, 0.2) is 6.07 Å². The fourth-order valence-electron chi connectivity index (χ4n) is 0.987. The van der Waals surface area contributed by atoms with Crippen LogP contribution in [0, 0.1) is 0 Å². The summed E-state index contributed by atoms with van der Waals surface area (Å²) < 4.78 is 4.99. The summed E-state index contributed by atoms with van der Waals surface area (Å²) in [5.74, 6) is -0.379. The van der Waals surface area contributed by atoms with Gasteiger partial charge in [0.15, 0.2) is 11.6 Å². The van der Waals surface area contributed by atoms with E-state index in [1.54, 1.807) is 20.8 Å². The zero-order valence-electron chi connectivity index (χ0n) is 9.74. The van der Waals surface area contributed by atoms with Gasteiger partial charge < -0.3 is 9.84 Å². The minimum atomic E-state index is -0.735.